The zero-order chi connectivity index (χ0) is 12.4. The second-order valence-electron chi connectivity index (χ2n) is 3.66. The van der Waals surface area contributed by atoms with Crippen LogP contribution < -0.4 is 5.46 Å². The van der Waals surface area contributed by atoms with E-state index in [0.29, 0.717) is 5.56 Å². The van der Waals surface area contributed by atoms with Crippen LogP contribution in [0.4, 0.5) is 4.39 Å². The van der Waals surface area contributed by atoms with Crippen molar-refractivity contribution in [2.24, 2.45) is 0 Å². The molecule has 0 atom stereocenters. The SMILES string of the molecule is OB(O)c1ccc(-c2ccc(O)cc2)cc1F. The van der Waals surface area contributed by atoms with Crippen LogP contribution in [0.1, 0.15) is 0 Å². The third-order valence-corrected chi connectivity index (χ3v) is 2.48. The number of aromatic hydroxyl groups is 1. The van der Waals surface area contributed by atoms with Gasteiger partial charge in [0.1, 0.15) is 11.6 Å². The Labute approximate surface area is 97.9 Å². The molecule has 0 aromatic heterocycles. The summed E-state index contributed by atoms with van der Waals surface area (Å²) in [4.78, 5) is 0. The van der Waals surface area contributed by atoms with Crippen molar-refractivity contribution >= 4 is 12.6 Å². The molecule has 2 aromatic rings. The van der Waals surface area contributed by atoms with Crippen molar-refractivity contribution in [3.05, 3.63) is 48.3 Å². The maximum absolute atomic E-state index is 13.5. The molecule has 0 unspecified atom stereocenters. The first kappa shape index (κ1) is 11.6. The lowest BCUT2D eigenvalue weighted by Gasteiger charge is -2.05. The Morgan fingerprint density at radius 2 is 1.47 bits per heavy atom. The van der Waals surface area contributed by atoms with Gasteiger partial charge in [-0.2, -0.15) is 0 Å². The van der Waals surface area contributed by atoms with Gasteiger partial charge in [0, 0.05) is 5.46 Å². The summed E-state index contributed by atoms with van der Waals surface area (Å²) in [6.45, 7) is 0. The maximum atomic E-state index is 13.5. The first-order chi connectivity index (χ1) is 8.08. The van der Waals surface area contributed by atoms with Crippen LogP contribution >= 0.6 is 0 Å². The van der Waals surface area contributed by atoms with E-state index in [2.05, 4.69) is 0 Å². The van der Waals surface area contributed by atoms with Crippen LogP contribution in [0.25, 0.3) is 11.1 Å². The average molecular weight is 232 g/mol. The first-order valence-corrected chi connectivity index (χ1v) is 5.03. The van der Waals surface area contributed by atoms with E-state index in [9.17, 15) is 4.39 Å². The largest absolute Gasteiger partial charge is 0.508 e. The van der Waals surface area contributed by atoms with Crippen LogP contribution in [0.2, 0.25) is 0 Å². The van der Waals surface area contributed by atoms with Gasteiger partial charge in [-0.1, -0.05) is 24.3 Å². The lowest BCUT2D eigenvalue weighted by Crippen LogP contribution is -2.32. The minimum atomic E-state index is -1.82. The molecule has 17 heavy (non-hydrogen) atoms. The minimum absolute atomic E-state index is 0.136. The first-order valence-electron chi connectivity index (χ1n) is 5.03. The number of hydrogen-bond acceptors (Lipinski definition) is 3. The molecule has 2 aromatic carbocycles. The van der Waals surface area contributed by atoms with Crippen molar-refractivity contribution in [3.8, 4) is 16.9 Å². The van der Waals surface area contributed by atoms with Crippen molar-refractivity contribution in [3.63, 3.8) is 0 Å². The molecule has 86 valence electrons. The monoisotopic (exact) mass is 232 g/mol. The summed E-state index contributed by atoms with van der Waals surface area (Å²) in [7, 11) is -1.82. The normalized spacial score (nSPS) is 10.3. The lowest BCUT2D eigenvalue weighted by atomic mass is 9.79. The van der Waals surface area contributed by atoms with E-state index in [1.54, 1.807) is 18.2 Å². The molecule has 0 saturated heterocycles. The smallest absolute Gasteiger partial charge is 0.491 e. The van der Waals surface area contributed by atoms with Gasteiger partial charge in [-0.05, 0) is 29.3 Å². The van der Waals surface area contributed by atoms with Crippen LogP contribution in [0.3, 0.4) is 0 Å². The van der Waals surface area contributed by atoms with Crippen LogP contribution in [-0.4, -0.2) is 22.3 Å². The molecule has 0 aliphatic heterocycles. The molecule has 0 aliphatic carbocycles. The molecule has 3 N–H and O–H groups in total. The number of hydrogen-bond donors (Lipinski definition) is 3. The molecule has 0 saturated carbocycles. The second kappa shape index (κ2) is 4.57. The standard InChI is InChI=1S/C12H10BFO3/c14-12-7-9(3-6-11(12)13(16)17)8-1-4-10(15)5-2-8/h1-7,15-17H. The number of rotatable bonds is 2. The van der Waals surface area contributed by atoms with Crippen molar-refractivity contribution in [2.75, 3.05) is 0 Å². The molecule has 0 bridgehead atoms. The van der Waals surface area contributed by atoms with E-state index in [1.807, 2.05) is 0 Å². The van der Waals surface area contributed by atoms with Crippen molar-refractivity contribution < 1.29 is 19.5 Å². The summed E-state index contributed by atoms with van der Waals surface area (Å²) in [5, 5.41) is 26.9. The molecule has 0 heterocycles. The van der Waals surface area contributed by atoms with Crippen LogP contribution in [-0.2, 0) is 0 Å². The van der Waals surface area contributed by atoms with Gasteiger partial charge in [-0.25, -0.2) is 4.39 Å². The van der Waals surface area contributed by atoms with Crippen LogP contribution in [0, 0.1) is 5.82 Å². The highest BCUT2D eigenvalue weighted by molar-refractivity contribution is 6.58. The van der Waals surface area contributed by atoms with E-state index < -0.39 is 12.9 Å². The predicted molar refractivity (Wildman–Crippen MR) is 63.3 cm³/mol. The molecule has 3 nitrogen and oxygen atoms in total. The highest BCUT2D eigenvalue weighted by Gasteiger charge is 2.16. The summed E-state index contributed by atoms with van der Waals surface area (Å²) in [5.74, 6) is -0.540. The highest BCUT2D eigenvalue weighted by Crippen LogP contribution is 2.21. The third kappa shape index (κ3) is 2.46. The quantitative estimate of drug-likeness (QED) is 0.673. The molecule has 0 spiro atoms. The Kier molecular flexibility index (Phi) is 3.13. The molecule has 2 rings (SSSR count). The fourth-order valence-corrected chi connectivity index (χ4v) is 1.57. The predicted octanol–water partition coefficient (Wildman–Crippen LogP) is 0.878. The molecular weight excluding hydrogens is 222 g/mol. The molecule has 0 amide bonds. The molecule has 0 aliphatic rings. The Bertz CT molecular complexity index is 526. The number of halogens is 1. The maximum Gasteiger partial charge on any atom is 0.491 e. The van der Waals surface area contributed by atoms with Gasteiger partial charge >= 0.3 is 7.12 Å². The summed E-state index contributed by atoms with van der Waals surface area (Å²) < 4.78 is 13.5. The Balaban J connectivity index is 2.41. The fourth-order valence-electron chi connectivity index (χ4n) is 1.57. The number of benzene rings is 2. The number of phenols is 1. The molecular formula is C12H10BFO3. The van der Waals surface area contributed by atoms with Crippen molar-refractivity contribution in [2.45, 2.75) is 0 Å². The molecule has 5 heteroatoms. The topological polar surface area (TPSA) is 60.7 Å². The Morgan fingerprint density at radius 3 is 2.00 bits per heavy atom. The van der Waals surface area contributed by atoms with Gasteiger partial charge in [0.05, 0.1) is 0 Å². The highest BCUT2D eigenvalue weighted by atomic mass is 19.1. The minimum Gasteiger partial charge on any atom is -0.508 e. The van der Waals surface area contributed by atoms with E-state index in [1.165, 1.54) is 24.3 Å². The van der Waals surface area contributed by atoms with Crippen LogP contribution in [0.15, 0.2) is 42.5 Å². The van der Waals surface area contributed by atoms with Crippen molar-refractivity contribution in [1.29, 1.82) is 0 Å². The zero-order valence-electron chi connectivity index (χ0n) is 8.84. The van der Waals surface area contributed by atoms with Gasteiger partial charge in [0.2, 0.25) is 0 Å². The molecule has 0 radical (unpaired) electrons. The molecule has 0 fully saturated rings. The average Bonchev–Trinajstić information content (AvgIpc) is 2.29. The van der Waals surface area contributed by atoms with E-state index in [4.69, 9.17) is 15.2 Å². The van der Waals surface area contributed by atoms with Crippen LogP contribution in [0.5, 0.6) is 5.75 Å². The number of phenolic OH excluding ortho intramolecular Hbond substituents is 1. The second-order valence-corrected chi connectivity index (χ2v) is 3.66. The lowest BCUT2D eigenvalue weighted by molar-refractivity contribution is 0.423. The summed E-state index contributed by atoms with van der Waals surface area (Å²) >= 11 is 0. The van der Waals surface area contributed by atoms with E-state index >= 15 is 0 Å². The van der Waals surface area contributed by atoms with Gasteiger partial charge in [0.25, 0.3) is 0 Å². The van der Waals surface area contributed by atoms with Gasteiger partial charge in [-0.15, -0.1) is 0 Å². The summed E-state index contributed by atoms with van der Waals surface area (Å²) in [6.07, 6.45) is 0. The zero-order valence-corrected chi connectivity index (χ0v) is 8.84. The summed E-state index contributed by atoms with van der Waals surface area (Å²) in [5.41, 5.74) is 1.18. The van der Waals surface area contributed by atoms with E-state index in [0.717, 1.165) is 5.56 Å². The van der Waals surface area contributed by atoms with Crippen molar-refractivity contribution in [1.82, 2.24) is 0 Å². The third-order valence-electron chi connectivity index (χ3n) is 2.48. The van der Waals surface area contributed by atoms with E-state index in [-0.39, 0.29) is 11.2 Å². The van der Waals surface area contributed by atoms with Gasteiger partial charge in [0.15, 0.2) is 0 Å². The fraction of sp³-hybridized carbons (Fsp3) is 0. The summed E-state index contributed by atoms with van der Waals surface area (Å²) in [6, 6.07) is 10.4. The van der Waals surface area contributed by atoms with Gasteiger partial charge < -0.3 is 15.2 Å². The Hall–Kier alpha value is -1.85. The van der Waals surface area contributed by atoms with Gasteiger partial charge in [-0.3, -0.25) is 0 Å². The Morgan fingerprint density at radius 1 is 0.882 bits per heavy atom.